The fraction of sp³-hybridized carbons (Fsp3) is 0.375. The standard InChI is InChI=1S/C24H31N3O2/c1-19-5-4-6-22(18-19)27-15-13-26(14-16-27)12-11-25-24(28)10-8-21-17-20(2)7-9-23(21)29-3/h4-10,17-18H,11-16H2,1-3H3,(H,25,28)/b10-8+. The van der Waals surface area contributed by atoms with Gasteiger partial charge in [0.2, 0.25) is 5.91 Å². The molecule has 0 aliphatic carbocycles. The van der Waals surface area contributed by atoms with Gasteiger partial charge in [-0.15, -0.1) is 0 Å². The molecule has 0 atom stereocenters. The number of carbonyl (C=O) groups is 1. The Bertz CT molecular complexity index is 855. The molecule has 1 aliphatic rings. The van der Waals surface area contributed by atoms with Gasteiger partial charge in [-0.05, 0) is 49.8 Å². The van der Waals surface area contributed by atoms with Crippen LogP contribution in [0, 0.1) is 13.8 Å². The molecule has 5 heteroatoms. The number of rotatable bonds is 7. The Morgan fingerprint density at radius 1 is 1.07 bits per heavy atom. The van der Waals surface area contributed by atoms with Crippen molar-refractivity contribution in [2.24, 2.45) is 0 Å². The molecule has 1 N–H and O–H groups in total. The summed E-state index contributed by atoms with van der Waals surface area (Å²) in [5, 5.41) is 2.98. The predicted molar refractivity (Wildman–Crippen MR) is 120 cm³/mol. The SMILES string of the molecule is COc1ccc(C)cc1/C=C/C(=O)NCCN1CCN(c2cccc(C)c2)CC1. The first-order valence-corrected chi connectivity index (χ1v) is 10.2. The number of hydrogen-bond donors (Lipinski definition) is 1. The van der Waals surface area contributed by atoms with Gasteiger partial charge in [0, 0.05) is 56.6 Å². The molecule has 2 aromatic rings. The lowest BCUT2D eigenvalue weighted by Gasteiger charge is -2.36. The van der Waals surface area contributed by atoms with E-state index in [2.05, 4.69) is 46.3 Å². The minimum absolute atomic E-state index is 0.0769. The first-order chi connectivity index (χ1) is 14.0. The van der Waals surface area contributed by atoms with Crippen LogP contribution in [0.15, 0.2) is 48.5 Å². The molecular formula is C24H31N3O2. The van der Waals surface area contributed by atoms with E-state index in [-0.39, 0.29) is 5.91 Å². The van der Waals surface area contributed by atoms with Gasteiger partial charge in [0.15, 0.2) is 0 Å². The first kappa shape index (κ1) is 20.9. The lowest BCUT2D eigenvalue weighted by Crippen LogP contribution is -2.48. The smallest absolute Gasteiger partial charge is 0.244 e. The Balaban J connectivity index is 1.40. The summed E-state index contributed by atoms with van der Waals surface area (Å²) in [6.45, 7) is 9.74. The molecule has 29 heavy (non-hydrogen) atoms. The van der Waals surface area contributed by atoms with Gasteiger partial charge in [-0.3, -0.25) is 9.69 Å². The number of ether oxygens (including phenoxy) is 1. The highest BCUT2D eigenvalue weighted by molar-refractivity contribution is 5.92. The number of nitrogens with zero attached hydrogens (tertiary/aromatic N) is 2. The zero-order chi connectivity index (χ0) is 20.6. The van der Waals surface area contributed by atoms with Crippen molar-refractivity contribution in [2.45, 2.75) is 13.8 Å². The molecule has 0 radical (unpaired) electrons. The summed E-state index contributed by atoms with van der Waals surface area (Å²) < 4.78 is 5.35. The van der Waals surface area contributed by atoms with Gasteiger partial charge in [0.05, 0.1) is 7.11 Å². The third kappa shape index (κ3) is 6.09. The zero-order valence-electron chi connectivity index (χ0n) is 17.6. The monoisotopic (exact) mass is 393 g/mol. The van der Waals surface area contributed by atoms with Gasteiger partial charge in [-0.2, -0.15) is 0 Å². The maximum absolute atomic E-state index is 12.1. The largest absolute Gasteiger partial charge is 0.496 e. The Morgan fingerprint density at radius 2 is 1.83 bits per heavy atom. The van der Waals surface area contributed by atoms with Crippen LogP contribution in [-0.4, -0.2) is 57.2 Å². The number of anilines is 1. The van der Waals surface area contributed by atoms with Crippen LogP contribution in [0.2, 0.25) is 0 Å². The second-order valence-electron chi connectivity index (χ2n) is 7.54. The van der Waals surface area contributed by atoms with E-state index in [4.69, 9.17) is 4.74 Å². The number of benzene rings is 2. The van der Waals surface area contributed by atoms with Crippen molar-refractivity contribution in [3.8, 4) is 5.75 Å². The van der Waals surface area contributed by atoms with E-state index >= 15 is 0 Å². The number of amides is 1. The second kappa shape index (κ2) is 10.1. The minimum Gasteiger partial charge on any atom is -0.496 e. The van der Waals surface area contributed by atoms with Crippen molar-refractivity contribution in [1.29, 1.82) is 0 Å². The lowest BCUT2D eigenvalue weighted by atomic mass is 10.1. The van der Waals surface area contributed by atoms with Crippen molar-refractivity contribution in [3.63, 3.8) is 0 Å². The predicted octanol–water partition coefficient (Wildman–Crippen LogP) is 3.26. The first-order valence-electron chi connectivity index (χ1n) is 10.2. The fourth-order valence-electron chi connectivity index (χ4n) is 3.60. The lowest BCUT2D eigenvalue weighted by molar-refractivity contribution is -0.116. The Kier molecular flexibility index (Phi) is 7.30. The van der Waals surface area contributed by atoms with Gasteiger partial charge < -0.3 is 15.0 Å². The van der Waals surface area contributed by atoms with E-state index in [1.807, 2.05) is 31.2 Å². The summed E-state index contributed by atoms with van der Waals surface area (Å²) in [5.41, 5.74) is 4.64. The zero-order valence-corrected chi connectivity index (χ0v) is 17.6. The number of nitrogens with one attached hydrogen (secondary N) is 1. The maximum Gasteiger partial charge on any atom is 0.244 e. The third-order valence-electron chi connectivity index (χ3n) is 5.27. The minimum atomic E-state index is -0.0769. The van der Waals surface area contributed by atoms with Crippen LogP contribution in [0.25, 0.3) is 6.08 Å². The normalized spacial score (nSPS) is 14.9. The van der Waals surface area contributed by atoms with Crippen LogP contribution in [0.5, 0.6) is 5.75 Å². The van der Waals surface area contributed by atoms with Gasteiger partial charge in [0.25, 0.3) is 0 Å². The van der Waals surface area contributed by atoms with E-state index in [1.54, 1.807) is 13.2 Å². The molecule has 0 aromatic heterocycles. The molecular weight excluding hydrogens is 362 g/mol. The third-order valence-corrected chi connectivity index (χ3v) is 5.27. The van der Waals surface area contributed by atoms with Crippen molar-refractivity contribution >= 4 is 17.7 Å². The highest BCUT2D eigenvalue weighted by atomic mass is 16.5. The molecule has 2 aromatic carbocycles. The van der Waals surface area contributed by atoms with E-state index in [9.17, 15) is 4.79 Å². The van der Waals surface area contributed by atoms with E-state index in [0.717, 1.165) is 49.6 Å². The highest BCUT2D eigenvalue weighted by Crippen LogP contribution is 2.21. The van der Waals surface area contributed by atoms with Crippen molar-refractivity contribution in [2.75, 3.05) is 51.3 Å². The number of hydrogen-bond acceptors (Lipinski definition) is 4. The van der Waals surface area contributed by atoms with Crippen LogP contribution in [0.1, 0.15) is 16.7 Å². The number of aryl methyl sites for hydroxylation is 2. The second-order valence-corrected chi connectivity index (χ2v) is 7.54. The van der Waals surface area contributed by atoms with Crippen LogP contribution >= 0.6 is 0 Å². The fourth-order valence-corrected chi connectivity index (χ4v) is 3.60. The summed E-state index contributed by atoms with van der Waals surface area (Å²) in [7, 11) is 1.64. The van der Waals surface area contributed by atoms with Crippen molar-refractivity contribution < 1.29 is 9.53 Å². The summed E-state index contributed by atoms with van der Waals surface area (Å²) in [6, 6.07) is 14.6. The molecule has 1 heterocycles. The summed E-state index contributed by atoms with van der Waals surface area (Å²) in [5.74, 6) is 0.693. The number of methoxy groups -OCH3 is 1. The molecule has 0 spiro atoms. The molecule has 0 unspecified atom stereocenters. The average Bonchev–Trinajstić information content (AvgIpc) is 2.73. The summed E-state index contributed by atoms with van der Waals surface area (Å²) in [6.07, 6.45) is 3.38. The Morgan fingerprint density at radius 3 is 2.55 bits per heavy atom. The van der Waals surface area contributed by atoms with Crippen molar-refractivity contribution in [3.05, 3.63) is 65.2 Å². The molecule has 1 saturated heterocycles. The van der Waals surface area contributed by atoms with Crippen LogP contribution in [0.4, 0.5) is 5.69 Å². The molecule has 1 amide bonds. The van der Waals surface area contributed by atoms with Gasteiger partial charge >= 0.3 is 0 Å². The molecule has 0 bridgehead atoms. The molecule has 1 fully saturated rings. The number of carbonyl (C=O) groups excluding carboxylic acids is 1. The Labute approximate surface area is 174 Å². The van der Waals surface area contributed by atoms with Crippen LogP contribution in [0.3, 0.4) is 0 Å². The quantitative estimate of drug-likeness (QED) is 0.734. The van der Waals surface area contributed by atoms with Gasteiger partial charge in [-0.25, -0.2) is 0 Å². The number of piperazine rings is 1. The molecule has 0 saturated carbocycles. The van der Waals surface area contributed by atoms with E-state index in [0.29, 0.717) is 6.54 Å². The molecule has 5 nitrogen and oxygen atoms in total. The summed E-state index contributed by atoms with van der Waals surface area (Å²) >= 11 is 0. The van der Waals surface area contributed by atoms with E-state index < -0.39 is 0 Å². The average molecular weight is 394 g/mol. The Hall–Kier alpha value is -2.79. The van der Waals surface area contributed by atoms with Crippen LogP contribution < -0.4 is 15.0 Å². The summed E-state index contributed by atoms with van der Waals surface area (Å²) in [4.78, 5) is 17.0. The van der Waals surface area contributed by atoms with Crippen LogP contribution in [-0.2, 0) is 4.79 Å². The van der Waals surface area contributed by atoms with Gasteiger partial charge in [0.1, 0.15) is 5.75 Å². The van der Waals surface area contributed by atoms with Gasteiger partial charge in [-0.1, -0.05) is 23.8 Å². The molecule has 1 aliphatic heterocycles. The molecule has 3 rings (SSSR count). The maximum atomic E-state index is 12.1. The molecule has 154 valence electrons. The van der Waals surface area contributed by atoms with E-state index in [1.165, 1.54) is 11.3 Å². The topological polar surface area (TPSA) is 44.8 Å². The highest BCUT2D eigenvalue weighted by Gasteiger charge is 2.16. The van der Waals surface area contributed by atoms with Crippen molar-refractivity contribution in [1.82, 2.24) is 10.2 Å².